The highest BCUT2D eigenvalue weighted by molar-refractivity contribution is 6.19. The summed E-state index contributed by atoms with van der Waals surface area (Å²) in [6.07, 6.45) is 8.28. The highest BCUT2D eigenvalue weighted by Crippen LogP contribution is 2.36. The Hall–Kier alpha value is -2.21. The Morgan fingerprint density at radius 2 is 2.00 bits per heavy atom. The largest absolute Gasteiger partial charge is 0.315 e. The molecule has 23 heavy (non-hydrogen) atoms. The van der Waals surface area contributed by atoms with Crippen LogP contribution in [-0.4, -0.2) is 21.0 Å². The number of nitrogens with one attached hydrogen (secondary N) is 3. The quantitative estimate of drug-likeness (QED) is 0.784. The number of fused-ring (bicyclic) bond motifs is 5. The standard InChI is InChI=1S/C17H24N6/c1-5-16(3)13-8-7-11-22(13)12-9-10-14-18-21-17(4,6-2)23(14)15(12)19-20-16/h7-11,18,20-21H,5-6H2,1-4H3. The maximum atomic E-state index is 4.82. The first-order valence-corrected chi connectivity index (χ1v) is 8.31. The molecule has 1 aromatic heterocycles. The van der Waals surface area contributed by atoms with Gasteiger partial charge in [-0.3, -0.25) is 10.3 Å². The first-order chi connectivity index (χ1) is 11.0. The van der Waals surface area contributed by atoms with Crippen molar-refractivity contribution in [2.45, 2.75) is 51.7 Å². The van der Waals surface area contributed by atoms with Crippen molar-refractivity contribution >= 4 is 11.5 Å². The molecule has 3 aliphatic heterocycles. The first-order valence-electron chi connectivity index (χ1n) is 8.31. The third-order valence-electron chi connectivity index (χ3n) is 5.41. The second kappa shape index (κ2) is 4.64. The molecular weight excluding hydrogens is 288 g/mol. The van der Waals surface area contributed by atoms with Crippen molar-refractivity contribution in [2.75, 3.05) is 0 Å². The highest BCUT2D eigenvalue weighted by Gasteiger charge is 2.45. The number of hydrogen-bond donors (Lipinski definition) is 3. The molecular formula is C17H24N6. The molecule has 6 heteroatoms. The van der Waals surface area contributed by atoms with Crippen molar-refractivity contribution < 1.29 is 0 Å². The van der Waals surface area contributed by atoms with E-state index >= 15 is 0 Å². The minimum atomic E-state index is -0.202. The molecule has 1 aromatic rings. The van der Waals surface area contributed by atoms with Crippen LogP contribution in [-0.2, 0) is 5.54 Å². The van der Waals surface area contributed by atoms with Gasteiger partial charge in [0.05, 0.1) is 11.2 Å². The maximum Gasteiger partial charge on any atom is 0.179 e. The van der Waals surface area contributed by atoms with Crippen LogP contribution in [0.15, 0.2) is 41.4 Å². The Balaban J connectivity index is 1.90. The zero-order chi connectivity index (χ0) is 16.2. The lowest BCUT2D eigenvalue weighted by Crippen LogP contribution is -2.52. The van der Waals surface area contributed by atoms with Gasteiger partial charge in [-0.1, -0.05) is 13.8 Å². The summed E-state index contributed by atoms with van der Waals surface area (Å²) in [4.78, 5) is 2.25. The summed E-state index contributed by atoms with van der Waals surface area (Å²) in [7, 11) is 0. The molecule has 0 aromatic carbocycles. The number of nitrogens with zero attached hydrogens (tertiary/aromatic N) is 3. The molecule has 6 nitrogen and oxygen atoms in total. The Labute approximate surface area is 136 Å². The van der Waals surface area contributed by atoms with E-state index in [4.69, 9.17) is 5.10 Å². The summed E-state index contributed by atoms with van der Waals surface area (Å²) in [5.74, 6) is 1.98. The van der Waals surface area contributed by atoms with E-state index in [-0.39, 0.29) is 11.2 Å². The molecule has 1 saturated heterocycles. The van der Waals surface area contributed by atoms with E-state index in [0.717, 1.165) is 30.2 Å². The third kappa shape index (κ3) is 1.81. The Morgan fingerprint density at radius 1 is 1.17 bits per heavy atom. The summed E-state index contributed by atoms with van der Waals surface area (Å²) < 4.78 is 2.25. The predicted molar refractivity (Wildman–Crippen MR) is 91.8 cm³/mol. The summed E-state index contributed by atoms with van der Waals surface area (Å²) in [6, 6.07) is 4.28. The van der Waals surface area contributed by atoms with Gasteiger partial charge in [0.2, 0.25) is 0 Å². The van der Waals surface area contributed by atoms with Crippen LogP contribution in [0.25, 0.3) is 5.70 Å². The average Bonchev–Trinajstić information content (AvgIpc) is 3.16. The van der Waals surface area contributed by atoms with Gasteiger partial charge in [0.25, 0.3) is 0 Å². The zero-order valence-electron chi connectivity index (χ0n) is 14.1. The lowest BCUT2D eigenvalue weighted by atomic mass is 9.95. The Bertz CT molecular complexity index is 742. The van der Waals surface area contributed by atoms with Crippen LogP contribution in [0, 0.1) is 0 Å². The lowest BCUT2D eigenvalue weighted by Gasteiger charge is -2.36. The molecule has 0 spiro atoms. The number of hydrogen-bond acceptors (Lipinski definition) is 5. The third-order valence-corrected chi connectivity index (χ3v) is 5.41. The molecule has 2 unspecified atom stereocenters. The number of rotatable bonds is 2. The summed E-state index contributed by atoms with van der Waals surface area (Å²) in [5.41, 5.74) is 12.0. The van der Waals surface area contributed by atoms with E-state index in [1.165, 1.54) is 5.69 Å². The van der Waals surface area contributed by atoms with Crippen LogP contribution in [0.3, 0.4) is 0 Å². The van der Waals surface area contributed by atoms with Gasteiger partial charge in [0.15, 0.2) is 5.84 Å². The molecule has 4 heterocycles. The number of hydrazine groups is 1. The summed E-state index contributed by atoms with van der Waals surface area (Å²) in [5, 5.41) is 4.82. The van der Waals surface area contributed by atoms with Gasteiger partial charge in [-0.2, -0.15) is 5.10 Å². The van der Waals surface area contributed by atoms with Crippen molar-refractivity contribution in [3.05, 3.63) is 42.0 Å². The zero-order valence-corrected chi connectivity index (χ0v) is 14.1. The molecule has 3 aliphatic rings. The second-order valence-corrected chi connectivity index (χ2v) is 6.81. The van der Waals surface area contributed by atoms with Crippen molar-refractivity contribution in [3.63, 3.8) is 0 Å². The average molecular weight is 312 g/mol. The molecule has 122 valence electrons. The Morgan fingerprint density at radius 3 is 2.74 bits per heavy atom. The topological polar surface area (TPSA) is 56.6 Å². The SMILES string of the molecule is CCC1(C)NN=C2C(=CC=C3NNC(C)(CC)N32)n2cccc21. The van der Waals surface area contributed by atoms with Gasteiger partial charge < -0.3 is 9.99 Å². The summed E-state index contributed by atoms with van der Waals surface area (Å²) >= 11 is 0. The fourth-order valence-electron chi connectivity index (χ4n) is 3.46. The number of amidine groups is 1. The lowest BCUT2D eigenvalue weighted by molar-refractivity contribution is 0.231. The summed E-state index contributed by atoms with van der Waals surface area (Å²) in [6.45, 7) is 8.76. The molecule has 4 rings (SSSR count). The van der Waals surface area contributed by atoms with Crippen LogP contribution in [0.4, 0.5) is 0 Å². The Kier molecular flexibility index (Phi) is 2.90. The van der Waals surface area contributed by atoms with E-state index in [1.54, 1.807) is 0 Å². The number of allylic oxidation sites excluding steroid dienone is 2. The van der Waals surface area contributed by atoms with E-state index in [1.807, 2.05) is 0 Å². The molecule has 0 radical (unpaired) electrons. The first kappa shape index (κ1) is 14.4. The molecule has 3 N–H and O–H groups in total. The van der Waals surface area contributed by atoms with Gasteiger partial charge in [-0.05, 0) is 51.0 Å². The van der Waals surface area contributed by atoms with E-state index in [9.17, 15) is 0 Å². The highest BCUT2D eigenvalue weighted by atomic mass is 15.6. The van der Waals surface area contributed by atoms with Gasteiger partial charge in [-0.15, -0.1) is 0 Å². The van der Waals surface area contributed by atoms with Gasteiger partial charge >= 0.3 is 0 Å². The van der Waals surface area contributed by atoms with Crippen molar-refractivity contribution in [1.29, 1.82) is 0 Å². The van der Waals surface area contributed by atoms with Crippen molar-refractivity contribution in [3.8, 4) is 0 Å². The van der Waals surface area contributed by atoms with Crippen LogP contribution in [0.2, 0.25) is 0 Å². The molecule has 0 saturated carbocycles. The van der Waals surface area contributed by atoms with Gasteiger partial charge in [0.1, 0.15) is 11.5 Å². The number of aromatic nitrogens is 1. The molecule has 0 aliphatic carbocycles. The van der Waals surface area contributed by atoms with Crippen molar-refractivity contribution in [1.82, 2.24) is 25.7 Å². The predicted octanol–water partition coefficient (Wildman–Crippen LogP) is 2.26. The van der Waals surface area contributed by atoms with Crippen molar-refractivity contribution in [2.24, 2.45) is 5.10 Å². The molecule has 0 bridgehead atoms. The second-order valence-electron chi connectivity index (χ2n) is 6.81. The van der Waals surface area contributed by atoms with Crippen LogP contribution in [0.5, 0.6) is 0 Å². The number of hydrazone groups is 1. The van der Waals surface area contributed by atoms with Gasteiger partial charge in [0, 0.05) is 11.9 Å². The smallest absolute Gasteiger partial charge is 0.179 e. The molecule has 1 fully saturated rings. The van der Waals surface area contributed by atoms with E-state index < -0.39 is 0 Å². The fraction of sp³-hybridized carbons (Fsp3) is 0.471. The van der Waals surface area contributed by atoms with Gasteiger partial charge in [-0.25, -0.2) is 5.43 Å². The minimum Gasteiger partial charge on any atom is -0.315 e. The van der Waals surface area contributed by atoms with E-state index in [2.05, 4.69) is 83.9 Å². The van der Waals surface area contributed by atoms with Crippen LogP contribution >= 0.6 is 0 Å². The molecule has 0 amide bonds. The monoisotopic (exact) mass is 312 g/mol. The minimum absolute atomic E-state index is 0.182. The molecule has 2 atom stereocenters. The van der Waals surface area contributed by atoms with E-state index in [0.29, 0.717) is 0 Å². The fourth-order valence-corrected chi connectivity index (χ4v) is 3.46. The normalized spacial score (nSPS) is 31.7. The van der Waals surface area contributed by atoms with Crippen LogP contribution in [0.1, 0.15) is 46.2 Å². The maximum absolute atomic E-state index is 4.82. The van der Waals surface area contributed by atoms with Crippen LogP contribution < -0.4 is 16.3 Å².